The Bertz CT molecular complexity index is 403. The Morgan fingerprint density at radius 2 is 2.18 bits per heavy atom. The fourth-order valence-corrected chi connectivity index (χ4v) is 2.66. The van der Waals surface area contributed by atoms with Crippen molar-refractivity contribution in [1.82, 2.24) is 10.3 Å². The van der Waals surface area contributed by atoms with Crippen LogP contribution in [0.15, 0.2) is 0 Å². The molecule has 17 heavy (non-hydrogen) atoms. The van der Waals surface area contributed by atoms with Crippen LogP contribution in [0.3, 0.4) is 0 Å². The van der Waals surface area contributed by atoms with Crippen molar-refractivity contribution in [3.8, 4) is 0 Å². The minimum Gasteiger partial charge on any atom is -0.480 e. The molecule has 1 aromatic heterocycles. The lowest BCUT2D eigenvalue weighted by Gasteiger charge is -2.25. The summed E-state index contributed by atoms with van der Waals surface area (Å²) in [7, 11) is 0. The maximum Gasteiger partial charge on any atom is 0.323 e. The number of aryl methyl sites for hydroxylation is 2. The smallest absolute Gasteiger partial charge is 0.323 e. The van der Waals surface area contributed by atoms with E-state index in [-0.39, 0.29) is 0 Å². The van der Waals surface area contributed by atoms with E-state index < -0.39 is 11.5 Å². The second kappa shape index (κ2) is 5.60. The first-order chi connectivity index (χ1) is 7.89. The van der Waals surface area contributed by atoms with Crippen LogP contribution in [0, 0.1) is 13.8 Å². The molecule has 0 aliphatic heterocycles. The second-order valence-corrected chi connectivity index (χ2v) is 5.77. The molecule has 0 saturated heterocycles. The van der Waals surface area contributed by atoms with Gasteiger partial charge in [-0.3, -0.25) is 10.1 Å². The third-order valence-corrected chi connectivity index (χ3v) is 3.93. The maximum atomic E-state index is 11.2. The first kappa shape index (κ1) is 14.1. The zero-order valence-electron chi connectivity index (χ0n) is 10.8. The van der Waals surface area contributed by atoms with Gasteiger partial charge in [0.1, 0.15) is 5.54 Å². The minimum atomic E-state index is -0.848. The first-order valence-corrected chi connectivity index (χ1v) is 6.62. The topological polar surface area (TPSA) is 62.2 Å². The molecule has 0 saturated carbocycles. The SMILES string of the molecule is CCCC(C)(NCc1sc(C)nc1C)C(=O)O. The van der Waals surface area contributed by atoms with Gasteiger partial charge in [0.2, 0.25) is 0 Å². The van der Waals surface area contributed by atoms with Gasteiger partial charge in [0, 0.05) is 11.4 Å². The van der Waals surface area contributed by atoms with E-state index in [2.05, 4.69) is 10.3 Å². The highest BCUT2D eigenvalue weighted by Crippen LogP contribution is 2.19. The molecule has 0 bridgehead atoms. The van der Waals surface area contributed by atoms with Crippen LogP contribution in [0.2, 0.25) is 0 Å². The van der Waals surface area contributed by atoms with Gasteiger partial charge < -0.3 is 5.11 Å². The summed E-state index contributed by atoms with van der Waals surface area (Å²) >= 11 is 1.62. The number of carbonyl (C=O) groups is 1. The number of rotatable bonds is 6. The van der Waals surface area contributed by atoms with Crippen molar-refractivity contribution in [2.24, 2.45) is 0 Å². The fourth-order valence-electron chi connectivity index (χ4n) is 1.78. The predicted molar refractivity (Wildman–Crippen MR) is 69.4 cm³/mol. The molecule has 0 aromatic carbocycles. The Labute approximate surface area is 106 Å². The van der Waals surface area contributed by atoms with Gasteiger partial charge in [-0.1, -0.05) is 13.3 Å². The van der Waals surface area contributed by atoms with Crippen molar-refractivity contribution < 1.29 is 9.90 Å². The normalized spacial score (nSPS) is 14.6. The molecule has 0 aliphatic carbocycles. The average Bonchev–Trinajstić information content (AvgIpc) is 2.54. The molecule has 1 heterocycles. The van der Waals surface area contributed by atoms with Crippen molar-refractivity contribution in [2.45, 2.75) is 52.6 Å². The summed E-state index contributed by atoms with van der Waals surface area (Å²) < 4.78 is 0. The molecule has 0 radical (unpaired) electrons. The number of aliphatic carboxylic acids is 1. The third kappa shape index (κ3) is 3.51. The van der Waals surface area contributed by atoms with E-state index in [1.54, 1.807) is 18.3 Å². The van der Waals surface area contributed by atoms with E-state index in [0.29, 0.717) is 13.0 Å². The van der Waals surface area contributed by atoms with Crippen LogP contribution in [0.1, 0.15) is 42.3 Å². The Morgan fingerprint density at radius 3 is 2.59 bits per heavy atom. The van der Waals surface area contributed by atoms with Gasteiger partial charge in [0.25, 0.3) is 0 Å². The first-order valence-electron chi connectivity index (χ1n) is 5.80. The van der Waals surface area contributed by atoms with Crippen LogP contribution in [0.4, 0.5) is 0 Å². The van der Waals surface area contributed by atoms with Crippen LogP contribution in [0.5, 0.6) is 0 Å². The molecule has 1 rings (SSSR count). The van der Waals surface area contributed by atoms with Crippen molar-refractivity contribution in [3.63, 3.8) is 0 Å². The quantitative estimate of drug-likeness (QED) is 0.821. The van der Waals surface area contributed by atoms with Crippen molar-refractivity contribution in [3.05, 3.63) is 15.6 Å². The van der Waals surface area contributed by atoms with Crippen LogP contribution in [-0.4, -0.2) is 21.6 Å². The van der Waals surface area contributed by atoms with Crippen molar-refractivity contribution >= 4 is 17.3 Å². The van der Waals surface area contributed by atoms with Crippen LogP contribution < -0.4 is 5.32 Å². The molecule has 5 heteroatoms. The monoisotopic (exact) mass is 256 g/mol. The summed E-state index contributed by atoms with van der Waals surface area (Å²) in [5.74, 6) is -0.793. The summed E-state index contributed by atoms with van der Waals surface area (Å²) in [6.07, 6.45) is 1.47. The lowest BCUT2D eigenvalue weighted by Crippen LogP contribution is -2.48. The molecule has 0 fully saturated rings. The standard InChI is InChI=1S/C12H20N2O2S/c1-5-6-12(4,11(15)16)13-7-10-8(2)14-9(3)17-10/h13H,5-7H2,1-4H3,(H,15,16). The Kier molecular flexibility index (Phi) is 4.65. The highest BCUT2D eigenvalue weighted by molar-refractivity contribution is 7.11. The summed E-state index contributed by atoms with van der Waals surface area (Å²) in [4.78, 5) is 16.7. The van der Waals surface area contributed by atoms with Gasteiger partial charge in [-0.05, 0) is 27.2 Å². The number of carboxylic acids is 1. The molecule has 4 nitrogen and oxygen atoms in total. The van der Waals surface area contributed by atoms with Crippen molar-refractivity contribution in [2.75, 3.05) is 0 Å². The highest BCUT2D eigenvalue weighted by Gasteiger charge is 2.31. The second-order valence-electron chi connectivity index (χ2n) is 4.48. The molecular weight excluding hydrogens is 236 g/mol. The molecule has 0 amide bonds. The maximum absolute atomic E-state index is 11.2. The summed E-state index contributed by atoms with van der Waals surface area (Å²) in [6, 6.07) is 0. The number of nitrogens with zero attached hydrogens (tertiary/aromatic N) is 1. The minimum absolute atomic E-state index is 0.570. The Hall–Kier alpha value is -0.940. The van der Waals surface area contributed by atoms with Crippen LogP contribution in [-0.2, 0) is 11.3 Å². The van der Waals surface area contributed by atoms with E-state index in [1.165, 1.54) is 0 Å². The van der Waals surface area contributed by atoms with Crippen LogP contribution >= 0.6 is 11.3 Å². The predicted octanol–water partition coefficient (Wildman–Crippen LogP) is 2.49. The molecule has 2 N–H and O–H groups in total. The number of hydrogen-bond donors (Lipinski definition) is 2. The zero-order valence-corrected chi connectivity index (χ0v) is 11.6. The Morgan fingerprint density at radius 1 is 1.53 bits per heavy atom. The number of aromatic nitrogens is 1. The third-order valence-electron chi connectivity index (χ3n) is 2.86. The van der Waals surface area contributed by atoms with Gasteiger partial charge >= 0.3 is 5.97 Å². The summed E-state index contributed by atoms with van der Waals surface area (Å²) in [5.41, 5.74) is 0.142. The lowest BCUT2D eigenvalue weighted by atomic mass is 9.96. The molecule has 0 spiro atoms. The van der Waals surface area contributed by atoms with Crippen LogP contribution in [0.25, 0.3) is 0 Å². The molecule has 96 valence electrons. The van der Waals surface area contributed by atoms with E-state index >= 15 is 0 Å². The summed E-state index contributed by atoms with van der Waals surface area (Å²) in [5, 5.41) is 13.4. The molecule has 1 atom stereocenters. The van der Waals surface area contributed by atoms with Gasteiger partial charge in [-0.2, -0.15) is 0 Å². The molecular formula is C12H20N2O2S. The van der Waals surface area contributed by atoms with E-state index in [9.17, 15) is 9.90 Å². The average molecular weight is 256 g/mol. The largest absolute Gasteiger partial charge is 0.480 e. The number of hydrogen-bond acceptors (Lipinski definition) is 4. The molecule has 0 aliphatic rings. The van der Waals surface area contributed by atoms with Gasteiger partial charge in [0.15, 0.2) is 0 Å². The van der Waals surface area contributed by atoms with Crippen molar-refractivity contribution in [1.29, 1.82) is 0 Å². The van der Waals surface area contributed by atoms with E-state index in [4.69, 9.17) is 0 Å². The summed E-state index contributed by atoms with van der Waals surface area (Å²) in [6.45, 7) is 8.22. The molecule has 1 aromatic rings. The number of thiazole rings is 1. The van der Waals surface area contributed by atoms with Gasteiger partial charge in [-0.25, -0.2) is 4.98 Å². The highest BCUT2D eigenvalue weighted by atomic mass is 32.1. The van der Waals surface area contributed by atoms with E-state index in [1.807, 2.05) is 20.8 Å². The number of carboxylic acid groups (broad SMARTS) is 1. The van der Waals surface area contributed by atoms with E-state index in [0.717, 1.165) is 22.0 Å². The molecule has 1 unspecified atom stereocenters. The lowest BCUT2D eigenvalue weighted by molar-refractivity contribution is -0.144. The Balaban J connectivity index is 2.70. The fraction of sp³-hybridized carbons (Fsp3) is 0.667. The van der Waals surface area contributed by atoms with Gasteiger partial charge in [0.05, 0.1) is 10.7 Å². The van der Waals surface area contributed by atoms with Gasteiger partial charge in [-0.15, -0.1) is 11.3 Å². The number of nitrogens with one attached hydrogen (secondary N) is 1. The zero-order chi connectivity index (χ0) is 13.1.